The minimum absolute atomic E-state index is 0.184. The highest BCUT2D eigenvalue weighted by molar-refractivity contribution is 9.10. The van der Waals surface area contributed by atoms with Crippen LogP contribution in [0.1, 0.15) is 26.3 Å². The molecule has 0 N–H and O–H groups in total. The molecular formula is C17H18BrNO4S. The average molecular weight is 412 g/mol. The molecule has 1 aromatic heterocycles. The van der Waals surface area contributed by atoms with Crippen molar-refractivity contribution in [2.24, 2.45) is 0 Å². The van der Waals surface area contributed by atoms with Crippen LogP contribution in [0.15, 0.2) is 58.2 Å². The molecule has 0 bridgehead atoms. The lowest BCUT2D eigenvalue weighted by molar-refractivity contribution is -0.148. The normalized spacial score (nSPS) is 12.5. The van der Waals surface area contributed by atoms with Crippen molar-refractivity contribution in [3.63, 3.8) is 0 Å². The summed E-state index contributed by atoms with van der Waals surface area (Å²) in [5.41, 5.74) is 0.0136. The predicted molar refractivity (Wildman–Crippen MR) is 96.0 cm³/mol. The number of hydrogen-bond acceptors (Lipinski definition) is 4. The van der Waals surface area contributed by atoms with E-state index in [0.717, 1.165) is 8.45 Å². The van der Waals surface area contributed by atoms with Gasteiger partial charge in [0.05, 0.1) is 4.90 Å². The Morgan fingerprint density at radius 1 is 1.17 bits per heavy atom. The molecule has 0 atom stereocenters. The molecule has 0 saturated heterocycles. The fourth-order valence-corrected chi connectivity index (χ4v) is 3.34. The van der Waals surface area contributed by atoms with Gasteiger partial charge in [-0.05, 0) is 62.7 Å². The molecule has 0 fully saturated rings. The van der Waals surface area contributed by atoms with Gasteiger partial charge in [0.2, 0.25) is 0 Å². The van der Waals surface area contributed by atoms with Crippen molar-refractivity contribution in [3.8, 4) is 0 Å². The summed E-state index contributed by atoms with van der Waals surface area (Å²) in [4.78, 5) is 11.8. The fourth-order valence-electron chi connectivity index (χ4n) is 1.87. The van der Waals surface area contributed by atoms with Gasteiger partial charge < -0.3 is 4.74 Å². The van der Waals surface area contributed by atoms with Crippen LogP contribution >= 0.6 is 15.9 Å². The predicted octanol–water partition coefficient (Wildman–Crippen LogP) is 3.84. The lowest BCUT2D eigenvalue weighted by atomic mass is 10.2. The van der Waals surface area contributed by atoms with Crippen LogP contribution in [0, 0.1) is 0 Å². The lowest BCUT2D eigenvalue weighted by Crippen LogP contribution is -2.22. The van der Waals surface area contributed by atoms with E-state index >= 15 is 0 Å². The van der Waals surface area contributed by atoms with Crippen LogP contribution < -0.4 is 0 Å². The Labute approximate surface area is 150 Å². The summed E-state index contributed by atoms with van der Waals surface area (Å²) in [5.74, 6) is -0.481. The smallest absolute Gasteiger partial charge is 0.331 e. The van der Waals surface area contributed by atoms with Gasteiger partial charge in [0.1, 0.15) is 5.60 Å². The van der Waals surface area contributed by atoms with Gasteiger partial charge >= 0.3 is 5.97 Å². The van der Waals surface area contributed by atoms with Gasteiger partial charge in [-0.2, -0.15) is 0 Å². The summed E-state index contributed by atoms with van der Waals surface area (Å²) < 4.78 is 32.1. The van der Waals surface area contributed by atoms with Gasteiger partial charge in [-0.1, -0.05) is 15.9 Å². The molecule has 1 aromatic carbocycles. The summed E-state index contributed by atoms with van der Waals surface area (Å²) in [6, 6.07) is 7.99. The zero-order valence-electron chi connectivity index (χ0n) is 13.6. The average Bonchev–Trinajstić information content (AvgIpc) is 2.93. The second-order valence-electron chi connectivity index (χ2n) is 6.10. The van der Waals surface area contributed by atoms with E-state index in [0.29, 0.717) is 5.56 Å². The fraction of sp³-hybridized carbons (Fsp3) is 0.235. The number of aromatic nitrogens is 1. The number of esters is 1. The molecule has 7 heteroatoms. The first kappa shape index (κ1) is 18.5. The molecular weight excluding hydrogens is 394 g/mol. The van der Waals surface area contributed by atoms with Crippen molar-refractivity contribution in [2.45, 2.75) is 31.3 Å². The molecule has 24 heavy (non-hydrogen) atoms. The van der Waals surface area contributed by atoms with E-state index in [-0.39, 0.29) is 4.90 Å². The van der Waals surface area contributed by atoms with Crippen molar-refractivity contribution in [1.29, 1.82) is 0 Å². The van der Waals surface area contributed by atoms with Crippen molar-refractivity contribution in [1.82, 2.24) is 3.97 Å². The molecule has 0 aliphatic heterocycles. The zero-order chi connectivity index (χ0) is 18.0. The molecule has 0 unspecified atom stereocenters. The maximum Gasteiger partial charge on any atom is 0.331 e. The molecule has 1 heterocycles. The second-order valence-corrected chi connectivity index (χ2v) is 8.86. The maximum absolute atomic E-state index is 12.5. The lowest BCUT2D eigenvalue weighted by Gasteiger charge is -2.17. The van der Waals surface area contributed by atoms with Crippen LogP contribution in [0.4, 0.5) is 0 Å². The minimum atomic E-state index is -3.66. The van der Waals surface area contributed by atoms with E-state index in [1.54, 1.807) is 39.0 Å². The highest BCUT2D eigenvalue weighted by Crippen LogP contribution is 2.19. The summed E-state index contributed by atoms with van der Waals surface area (Å²) in [5, 5.41) is 0. The van der Waals surface area contributed by atoms with E-state index < -0.39 is 21.6 Å². The van der Waals surface area contributed by atoms with Gasteiger partial charge in [0.15, 0.2) is 0 Å². The Morgan fingerprint density at radius 3 is 2.38 bits per heavy atom. The van der Waals surface area contributed by atoms with E-state index in [1.165, 1.54) is 36.7 Å². The van der Waals surface area contributed by atoms with Crippen molar-refractivity contribution in [3.05, 3.63) is 58.8 Å². The largest absolute Gasteiger partial charge is 0.457 e. The number of carbonyl (C=O) groups is 1. The van der Waals surface area contributed by atoms with E-state index in [2.05, 4.69) is 15.9 Å². The van der Waals surface area contributed by atoms with Gasteiger partial charge in [0, 0.05) is 22.9 Å². The van der Waals surface area contributed by atoms with Gasteiger partial charge in [-0.25, -0.2) is 17.2 Å². The third kappa shape index (κ3) is 4.82. The number of carbonyl (C=O) groups excluding carboxylic acids is 1. The number of ether oxygens (including phenoxy) is 1. The quantitative estimate of drug-likeness (QED) is 0.566. The van der Waals surface area contributed by atoms with Crippen molar-refractivity contribution in [2.75, 3.05) is 0 Å². The molecule has 128 valence electrons. The van der Waals surface area contributed by atoms with E-state index in [9.17, 15) is 13.2 Å². The standard InChI is InChI=1S/C17H18BrNO4S/c1-17(2,3)23-16(20)9-4-13-10-11-19(12-13)24(21,22)15-7-5-14(18)6-8-15/h4-12H,1-3H3. The molecule has 0 saturated carbocycles. The summed E-state index contributed by atoms with van der Waals surface area (Å²) in [7, 11) is -3.66. The Bertz CT molecular complexity index is 859. The maximum atomic E-state index is 12.5. The van der Waals surface area contributed by atoms with E-state index in [4.69, 9.17) is 4.74 Å². The SMILES string of the molecule is CC(C)(C)OC(=O)C=Cc1ccn(S(=O)(=O)c2ccc(Br)cc2)c1. The Hall–Kier alpha value is -1.86. The third-order valence-electron chi connectivity index (χ3n) is 2.90. The van der Waals surface area contributed by atoms with Gasteiger partial charge in [-0.15, -0.1) is 0 Å². The highest BCUT2D eigenvalue weighted by Gasteiger charge is 2.17. The van der Waals surface area contributed by atoms with Crippen LogP contribution in [-0.2, 0) is 19.6 Å². The van der Waals surface area contributed by atoms with Crippen molar-refractivity contribution < 1.29 is 17.9 Å². The molecule has 2 rings (SSSR count). The number of halogens is 1. The Balaban J connectivity index is 2.18. The molecule has 5 nitrogen and oxygen atoms in total. The topological polar surface area (TPSA) is 65.4 Å². The number of nitrogens with zero attached hydrogens (tertiary/aromatic N) is 1. The summed E-state index contributed by atoms with van der Waals surface area (Å²) in [6.45, 7) is 5.33. The van der Waals surface area contributed by atoms with Crippen LogP contribution in [-0.4, -0.2) is 24.0 Å². The first-order chi connectivity index (χ1) is 11.1. The Morgan fingerprint density at radius 2 is 1.79 bits per heavy atom. The first-order valence-electron chi connectivity index (χ1n) is 7.18. The molecule has 0 amide bonds. The minimum Gasteiger partial charge on any atom is -0.457 e. The van der Waals surface area contributed by atoms with Crippen LogP contribution in [0.5, 0.6) is 0 Å². The van der Waals surface area contributed by atoms with Gasteiger partial charge in [-0.3, -0.25) is 0 Å². The summed E-state index contributed by atoms with van der Waals surface area (Å²) >= 11 is 3.27. The number of benzene rings is 1. The molecule has 2 aromatic rings. The first-order valence-corrected chi connectivity index (χ1v) is 9.41. The van der Waals surface area contributed by atoms with E-state index in [1.807, 2.05) is 0 Å². The third-order valence-corrected chi connectivity index (χ3v) is 5.08. The molecule has 0 aliphatic rings. The van der Waals surface area contributed by atoms with Crippen LogP contribution in [0.25, 0.3) is 6.08 Å². The van der Waals surface area contributed by atoms with Crippen molar-refractivity contribution >= 4 is 38.0 Å². The number of rotatable bonds is 4. The van der Waals surface area contributed by atoms with Crippen LogP contribution in [0.3, 0.4) is 0 Å². The second kappa shape index (κ2) is 6.94. The number of hydrogen-bond donors (Lipinski definition) is 0. The highest BCUT2D eigenvalue weighted by atomic mass is 79.9. The van der Waals surface area contributed by atoms with Gasteiger partial charge in [0.25, 0.3) is 10.0 Å². The summed E-state index contributed by atoms with van der Waals surface area (Å²) in [6.07, 6.45) is 5.67. The molecule has 0 radical (unpaired) electrons. The monoisotopic (exact) mass is 411 g/mol. The molecule has 0 spiro atoms. The zero-order valence-corrected chi connectivity index (χ0v) is 16.0. The Kier molecular flexibility index (Phi) is 5.35. The van der Waals surface area contributed by atoms with Crippen LogP contribution in [0.2, 0.25) is 0 Å². The molecule has 0 aliphatic carbocycles.